The lowest BCUT2D eigenvalue weighted by atomic mass is 10.1. The van der Waals surface area contributed by atoms with Gasteiger partial charge in [-0.3, -0.25) is 14.9 Å². The lowest BCUT2D eigenvalue weighted by molar-refractivity contribution is -0.384. The lowest BCUT2D eigenvalue weighted by Crippen LogP contribution is -2.30. The van der Waals surface area contributed by atoms with E-state index >= 15 is 0 Å². The van der Waals surface area contributed by atoms with Gasteiger partial charge in [0, 0.05) is 12.5 Å². The van der Waals surface area contributed by atoms with Crippen LogP contribution in [0.25, 0.3) is 0 Å². The van der Waals surface area contributed by atoms with Gasteiger partial charge >= 0.3 is 17.6 Å². The number of aromatic nitrogens is 1. The number of carboxylic acids is 2. The Morgan fingerprint density at radius 2 is 2.10 bits per heavy atom. The monoisotopic (exact) mass is 303 g/mol. The summed E-state index contributed by atoms with van der Waals surface area (Å²) in [7, 11) is 0. The minimum Gasteiger partial charge on any atom is -0.481 e. The summed E-state index contributed by atoms with van der Waals surface area (Å²) in [6.07, 6.45) is -0.658. The van der Waals surface area contributed by atoms with Crippen molar-refractivity contribution in [2.24, 2.45) is 0 Å². The molecule has 1 rings (SSSR count). The minimum atomic E-state index is -1.35. The maximum Gasteiger partial charge on any atom is 0.326 e. The third-order valence-electron chi connectivity index (χ3n) is 2.29. The molecule has 10 heteroatoms. The molecular formula is C10H10ClN3O6. The van der Waals surface area contributed by atoms with Crippen LogP contribution in [0.1, 0.15) is 12.8 Å². The fourth-order valence-corrected chi connectivity index (χ4v) is 1.52. The van der Waals surface area contributed by atoms with Crippen LogP contribution in [0.15, 0.2) is 12.1 Å². The Hall–Kier alpha value is -2.42. The molecule has 0 saturated carbocycles. The Morgan fingerprint density at radius 3 is 2.60 bits per heavy atom. The normalized spacial score (nSPS) is 11.7. The fourth-order valence-electron chi connectivity index (χ4n) is 1.37. The number of nitrogens with zero attached hydrogens (tertiary/aromatic N) is 2. The first-order chi connectivity index (χ1) is 9.31. The van der Waals surface area contributed by atoms with E-state index in [9.17, 15) is 19.7 Å². The molecule has 3 N–H and O–H groups in total. The van der Waals surface area contributed by atoms with Crippen LogP contribution in [0.5, 0.6) is 0 Å². The molecule has 0 amide bonds. The molecule has 0 saturated heterocycles. The van der Waals surface area contributed by atoms with Gasteiger partial charge in [0.25, 0.3) is 0 Å². The Labute approximate surface area is 117 Å². The summed E-state index contributed by atoms with van der Waals surface area (Å²) in [6.45, 7) is 0. The molecule has 1 unspecified atom stereocenters. The van der Waals surface area contributed by atoms with E-state index in [0.717, 1.165) is 6.07 Å². The van der Waals surface area contributed by atoms with Crippen molar-refractivity contribution in [2.45, 2.75) is 18.9 Å². The largest absolute Gasteiger partial charge is 0.481 e. The molecule has 0 aliphatic carbocycles. The quantitative estimate of drug-likeness (QED) is 0.389. The maximum absolute atomic E-state index is 11.0. The SMILES string of the molecule is O=C(O)CCC(Nc1nc(Cl)ccc1[N+](=O)[O-])C(=O)O. The summed E-state index contributed by atoms with van der Waals surface area (Å²) in [5, 5.41) is 30.6. The summed E-state index contributed by atoms with van der Waals surface area (Å²) in [4.78, 5) is 35.1. The molecule has 1 aromatic rings. The van der Waals surface area contributed by atoms with Crippen molar-refractivity contribution < 1.29 is 24.7 Å². The van der Waals surface area contributed by atoms with Crippen LogP contribution in [0, 0.1) is 10.1 Å². The summed E-state index contributed by atoms with van der Waals surface area (Å²) in [5.74, 6) is -2.84. The standard InChI is InChI=1S/C10H10ClN3O6/c11-7-3-2-6(14(19)20)9(13-7)12-5(10(17)18)1-4-8(15)16/h2-3,5H,1,4H2,(H,12,13)(H,15,16)(H,17,18). The topological polar surface area (TPSA) is 143 Å². The summed E-state index contributed by atoms with van der Waals surface area (Å²) in [6, 6.07) is 0.946. The van der Waals surface area contributed by atoms with E-state index in [1.807, 2.05) is 0 Å². The lowest BCUT2D eigenvalue weighted by Gasteiger charge is -2.14. The van der Waals surface area contributed by atoms with Crippen molar-refractivity contribution in [3.05, 3.63) is 27.4 Å². The third kappa shape index (κ3) is 4.35. The molecule has 0 aromatic carbocycles. The highest BCUT2D eigenvalue weighted by Gasteiger charge is 2.24. The predicted octanol–water partition coefficient (Wildman–Crippen LogP) is 1.37. The van der Waals surface area contributed by atoms with Gasteiger partial charge in [0.2, 0.25) is 5.82 Å². The van der Waals surface area contributed by atoms with Gasteiger partial charge in [-0.1, -0.05) is 11.6 Å². The highest BCUT2D eigenvalue weighted by atomic mass is 35.5. The predicted molar refractivity (Wildman–Crippen MR) is 67.8 cm³/mol. The molecular weight excluding hydrogens is 294 g/mol. The van der Waals surface area contributed by atoms with Gasteiger partial charge in [-0.2, -0.15) is 0 Å². The number of nitrogens with one attached hydrogen (secondary N) is 1. The fraction of sp³-hybridized carbons (Fsp3) is 0.300. The molecule has 0 fully saturated rings. The molecule has 1 aromatic heterocycles. The Kier molecular flexibility index (Phi) is 5.21. The Balaban J connectivity index is 2.98. The number of halogens is 1. The number of carboxylic acid groups (broad SMARTS) is 2. The van der Waals surface area contributed by atoms with E-state index in [0.29, 0.717) is 0 Å². The molecule has 0 radical (unpaired) electrons. The van der Waals surface area contributed by atoms with E-state index in [-0.39, 0.29) is 17.4 Å². The zero-order valence-corrected chi connectivity index (χ0v) is 10.7. The van der Waals surface area contributed by atoms with Crippen molar-refractivity contribution in [1.29, 1.82) is 0 Å². The molecule has 0 bridgehead atoms. The van der Waals surface area contributed by atoms with E-state index in [1.54, 1.807) is 0 Å². The van der Waals surface area contributed by atoms with E-state index < -0.39 is 35.0 Å². The molecule has 0 aliphatic rings. The highest BCUT2D eigenvalue weighted by Crippen LogP contribution is 2.25. The van der Waals surface area contributed by atoms with Gasteiger partial charge in [-0.25, -0.2) is 9.78 Å². The molecule has 0 spiro atoms. The molecule has 1 heterocycles. The Bertz CT molecular complexity index is 550. The second kappa shape index (κ2) is 6.66. The van der Waals surface area contributed by atoms with Crippen LogP contribution in [0.3, 0.4) is 0 Å². The number of carbonyl (C=O) groups is 2. The first-order valence-corrected chi connectivity index (χ1v) is 5.71. The van der Waals surface area contributed by atoms with Crippen LogP contribution >= 0.6 is 11.6 Å². The van der Waals surface area contributed by atoms with E-state index in [2.05, 4.69) is 10.3 Å². The van der Waals surface area contributed by atoms with Gasteiger partial charge in [0.05, 0.1) is 4.92 Å². The maximum atomic E-state index is 11.0. The van der Waals surface area contributed by atoms with Crippen LogP contribution in [0.2, 0.25) is 5.15 Å². The van der Waals surface area contributed by atoms with Gasteiger partial charge in [-0.05, 0) is 12.5 Å². The molecule has 0 aliphatic heterocycles. The van der Waals surface area contributed by atoms with Crippen LogP contribution < -0.4 is 5.32 Å². The summed E-state index contributed by atoms with van der Waals surface area (Å²) >= 11 is 5.60. The van der Waals surface area contributed by atoms with E-state index in [4.69, 9.17) is 21.8 Å². The number of rotatable bonds is 7. The number of pyridine rings is 1. The van der Waals surface area contributed by atoms with Crippen LogP contribution in [0.4, 0.5) is 11.5 Å². The average Bonchev–Trinajstić information content (AvgIpc) is 2.33. The highest BCUT2D eigenvalue weighted by molar-refractivity contribution is 6.29. The zero-order valence-electron chi connectivity index (χ0n) is 9.95. The zero-order chi connectivity index (χ0) is 15.3. The molecule has 108 valence electrons. The van der Waals surface area contributed by atoms with E-state index in [1.165, 1.54) is 6.07 Å². The van der Waals surface area contributed by atoms with Crippen molar-refractivity contribution in [3.8, 4) is 0 Å². The molecule has 20 heavy (non-hydrogen) atoms. The van der Waals surface area contributed by atoms with Gasteiger partial charge in [0.1, 0.15) is 11.2 Å². The number of hydrogen-bond donors (Lipinski definition) is 3. The third-order valence-corrected chi connectivity index (χ3v) is 2.50. The van der Waals surface area contributed by atoms with Gasteiger partial charge in [-0.15, -0.1) is 0 Å². The molecule has 1 atom stereocenters. The number of nitro groups is 1. The van der Waals surface area contributed by atoms with Crippen LogP contribution in [-0.4, -0.2) is 38.1 Å². The summed E-state index contributed by atoms with van der Waals surface area (Å²) < 4.78 is 0. The second-order valence-electron chi connectivity index (χ2n) is 3.73. The van der Waals surface area contributed by atoms with Crippen LogP contribution in [-0.2, 0) is 9.59 Å². The average molecular weight is 304 g/mol. The first kappa shape index (κ1) is 15.6. The van der Waals surface area contributed by atoms with Crippen molar-refractivity contribution >= 4 is 35.0 Å². The van der Waals surface area contributed by atoms with Gasteiger partial charge in [0.15, 0.2) is 0 Å². The summed E-state index contributed by atoms with van der Waals surface area (Å²) in [5.41, 5.74) is -0.448. The minimum absolute atomic E-state index is 0.0551. The smallest absolute Gasteiger partial charge is 0.326 e. The number of anilines is 1. The van der Waals surface area contributed by atoms with Crippen molar-refractivity contribution in [3.63, 3.8) is 0 Å². The Morgan fingerprint density at radius 1 is 1.45 bits per heavy atom. The molecule has 9 nitrogen and oxygen atoms in total. The van der Waals surface area contributed by atoms with Gasteiger partial charge < -0.3 is 15.5 Å². The second-order valence-corrected chi connectivity index (χ2v) is 4.11. The van der Waals surface area contributed by atoms with Crippen molar-refractivity contribution in [1.82, 2.24) is 4.98 Å². The number of aliphatic carboxylic acids is 2. The first-order valence-electron chi connectivity index (χ1n) is 5.33. The van der Waals surface area contributed by atoms with Crippen molar-refractivity contribution in [2.75, 3.05) is 5.32 Å². The number of hydrogen-bond acceptors (Lipinski definition) is 6.